The monoisotopic (exact) mass is 496 g/mol. The van der Waals surface area contributed by atoms with Gasteiger partial charge in [0.15, 0.2) is 11.6 Å². The Labute approximate surface area is 189 Å². The van der Waals surface area contributed by atoms with Crippen molar-refractivity contribution in [3.63, 3.8) is 0 Å². The van der Waals surface area contributed by atoms with E-state index in [2.05, 4.69) is 9.44 Å². The Morgan fingerprint density at radius 3 is 1.70 bits per heavy atom. The molecule has 3 N–H and O–H groups in total. The Kier molecular flexibility index (Phi) is 6.98. The number of carboxylic acid groups (broad SMARTS) is 1. The molecule has 0 aliphatic heterocycles. The molecule has 0 aliphatic rings. The number of carboxylic acids is 1. The van der Waals surface area contributed by atoms with Crippen molar-refractivity contribution in [3.8, 4) is 0 Å². The molecule has 0 fully saturated rings. The molecule has 174 valence electrons. The van der Waals surface area contributed by atoms with E-state index in [0.29, 0.717) is 17.7 Å². The Balaban J connectivity index is 1.69. The van der Waals surface area contributed by atoms with Crippen LogP contribution in [-0.4, -0.2) is 27.9 Å². The summed E-state index contributed by atoms with van der Waals surface area (Å²) in [5, 5.41) is 8.71. The summed E-state index contributed by atoms with van der Waals surface area (Å²) >= 11 is 0. The van der Waals surface area contributed by atoms with Crippen molar-refractivity contribution in [3.05, 3.63) is 83.9 Å². The summed E-state index contributed by atoms with van der Waals surface area (Å²) in [4.78, 5) is 10.1. The summed E-state index contributed by atoms with van der Waals surface area (Å²) in [6.07, 6.45) is 0.196. The highest BCUT2D eigenvalue weighted by Crippen LogP contribution is 2.22. The third-order valence-corrected chi connectivity index (χ3v) is 7.23. The predicted octanol–water partition coefficient (Wildman–Crippen LogP) is 3.58. The summed E-state index contributed by atoms with van der Waals surface area (Å²) in [5.74, 6) is -3.44. The highest BCUT2D eigenvalue weighted by molar-refractivity contribution is 7.93. The smallest absolute Gasteiger partial charge is 0.303 e. The molecule has 0 bridgehead atoms. The van der Waals surface area contributed by atoms with Gasteiger partial charge in [0.2, 0.25) is 0 Å². The topological polar surface area (TPSA) is 130 Å². The van der Waals surface area contributed by atoms with Gasteiger partial charge in [0.25, 0.3) is 20.0 Å². The van der Waals surface area contributed by atoms with Gasteiger partial charge >= 0.3 is 5.97 Å². The lowest BCUT2D eigenvalue weighted by molar-refractivity contribution is -0.136. The first-order valence-corrected chi connectivity index (χ1v) is 12.3. The van der Waals surface area contributed by atoms with Crippen LogP contribution < -0.4 is 9.44 Å². The molecule has 0 amide bonds. The highest BCUT2D eigenvalue weighted by atomic mass is 32.2. The standard InChI is InChI=1S/C21H18F2N2O6S2/c22-19-11-10-18(13-20(19)23)33(30,31)25-16-6-4-15(5-7-16)24-32(28,29)17-8-1-14(2-9-17)3-12-21(26)27/h1-2,4-11,13,24-25H,3,12H2,(H,26,27). The van der Waals surface area contributed by atoms with E-state index in [1.165, 1.54) is 48.5 Å². The van der Waals surface area contributed by atoms with Crippen LogP contribution >= 0.6 is 0 Å². The molecule has 0 aliphatic carbocycles. The van der Waals surface area contributed by atoms with E-state index in [-0.39, 0.29) is 29.1 Å². The van der Waals surface area contributed by atoms with Gasteiger partial charge in [-0.3, -0.25) is 14.2 Å². The van der Waals surface area contributed by atoms with Crippen LogP contribution in [0.2, 0.25) is 0 Å². The van der Waals surface area contributed by atoms with E-state index >= 15 is 0 Å². The van der Waals surface area contributed by atoms with Crippen molar-refractivity contribution in [2.75, 3.05) is 9.44 Å². The molecule has 0 unspecified atom stereocenters. The van der Waals surface area contributed by atoms with Crippen LogP contribution in [0.15, 0.2) is 76.5 Å². The van der Waals surface area contributed by atoms with Crippen LogP contribution in [0.3, 0.4) is 0 Å². The molecule has 0 saturated carbocycles. The summed E-state index contributed by atoms with van der Waals surface area (Å²) in [6.45, 7) is 0. The highest BCUT2D eigenvalue weighted by Gasteiger charge is 2.18. The van der Waals surface area contributed by atoms with Crippen LogP contribution in [-0.2, 0) is 31.3 Å². The number of aryl methyl sites for hydroxylation is 1. The predicted molar refractivity (Wildman–Crippen MR) is 117 cm³/mol. The Bertz CT molecular complexity index is 1380. The summed E-state index contributed by atoms with van der Waals surface area (Å²) in [5.41, 5.74) is 0.903. The molecule has 3 aromatic rings. The van der Waals surface area contributed by atoms with E-state index in [9.17, 15) is 30.4 Å². The Morgan fingerprint density at radius 2 is 1.21 bits per heavy atom. The average Bonchev–Trinajstić information content (AvgIpc) is 2.75. The van der Waals surface area contributed by atoms with Gasteiger partial charge < -0.3 is 5.11 Å². The van der Waals surface area contributed by atoms with Crippen LogP contribution in [0, 0.1) is 11.6 Å². The van der Waals surface area contributed by atoms with E-state index in [1.807, 2.05) is 0 Å². The van der Waals surface area contributed by atoms with E-state index in [0.717, 1.165) is 6.07 Å². The molecule has 0 saturated heterocycles. The fourth-order valence-electron chi connectivity index (χ4n) is 2.77. The lowest BCUT2D eigenvalue weighted by atomic mass is 10.1. The third kappa shape index (κ3) is 6.26. The molecular weight excluding hydrogens is 478 g/mol. The van der Waals surface area contributed by atoms with Crippen molar-refractivity contribution >= 4 is 37.4 Å². The molecule has 3 rings (SSSR count). The number of benzene rings is 3. The second-order valence-electron chi connectivity index (χ2n) is 6.90. The first-order chi connectivity index (χ1) is 15.5. The molecule has 0 atom stereocenters. The van der Waals surface area contributed by atoms with Crippen LogP contribution in [0.4, 0.5) is 20.2 Å². The van der Waals surface area contributed by atoms with Gasteiger partial charge in [-0.25, -0.2) is 25.6 Å². The number of sulfonamides is 2. The van der Waals surface area contributed by atoms with E-state index in [4.69, 9.17) is 5.11 Å². The fraction of sp³-hybridized carbons (Fsp3) is 0.0952. The zero-order valence-electron chi connectivity index (χ0n) is 16.8. The average molecular weight is 497 g/mol. The molecule has 0 spiro atoms. The van der Waals surface area contributed by atoms with Gasteiger partial charge in [0.1, 0.15) is 0 Å². The summed E-state index contributed by atoms with van der Waals surface area (Å²) in [6, 6.07) is 13.1. The van der Waals surface area contributed by atoms with Gasteiger partial charge in [0.05, 0.1) is 9.79 Å². The molecule has 12 heteroatoms. The van der Waals surface area contributed by atoms with Crippen molar-refractivity contribution in [2.24, 2.45) is 0 Å². The SMILES string of the molecule is O=C(O)CCc1ccc(S(=O)(=O)Nc2ccc(NS(=O)(=O)c3ccc(F)c(F)c3)cc2)cc1. The first kappa shape index (κ1) is 24.1. The fourth-order valence-corrected chi connectivity index (χ4v) is 4.89. The number of anilines is 2. The van der Waals surface area contributed by atoms with E-state index in [1.54, 1.807) is 0 Å². The number of aliphatic carboxylic acids is 1. The Hall–Kier alpha value is -3.51. The molecule has 0 aromatic heterocycles. The first-order valence-electron chi connectivity index (χ1n) is 9.38. The van der Waals surface area contributed by atoms with Crippen molar-refractivity contribution in [2.45, 2.75) is 22.6 Å². The molecule has 33 heavy (non-hydrogen) atoms. The van der Waals surface area contributed by atoms with Gasteiger partial charge in [-0.05, 0) is 66.6 Å². The zero-order chi connectivity index (χ0) is 24.2. The minimum Gasteiger partial charge on any atom is -0.481 e. The number of nitrogens with one attached hydrogen (secondary N) is 2. The minimum absolute atomic E-state index is 0.0373. The second kappa shape index (κ2) is 9.55. The van der Waals surface area contributed by atoms with Crippen molar-refractivity contribution < 1.29 is 35.5 Å². The molecular formula is C21H18F2N2O6S2. The second-order valence-corrected chi connectivity index (χ2v) is 10.3. The summed E-state index contributed by atoms with van der Waals surface area (Å²) < 4.78 is 80.7. The van der Waals surface area contributed by atoms with Gasteiger partial charge in [0, 0.05) is 17.8 Å². The third-order valence-electron chi connectivity index (χ3n) is 4.45. The van der Waals surface area contributed by atoms with Crippen molar-refractivity contribution in [1.29, 1.82) is 0 Å². The van der Waals surface area contributed by atoms with Gasteiger partial charge in [-0.2, -0.15) is 0 Å². The maximum Gasteiger partial charge on any atom is 0.303 e. The maximum absolute atomic E-state index is 13.3. The molecule has 3 aromatic carbocycles. The van der Waals surface area contributed by atoms with Crippen molar-refractivity contribution in [1.82, 2.24) is 0 Å². The maximum atomic E-state index is 13.3. The number of carbonyl (C=O) groups is 1. The molecule has 0 radical (unpaired) electrons. The van der Waals surface area contributed by atoms with Crippen LogP contribution in [0.5, 0.6) is 0 Å². The zero-order valence-corrected chi connectivity index (χ0v) is 18.5. The van der Waals surface area contributed by atoms with Gasteiger partial charge in [-0.1, -0.05) is 12.1 Å². The van der Waals surface area contributed by atoms with E-state index < -0.39 is 42.5 Å². The van der Waals surface area contributed by atoms with Crippen LogP contribution in [0.1, 0.15) is 12.0 Å². The van der Waals surface area contributed by atoms with Gasteiger partial charge in [-0.15, -0.1) is 0 Å². The van der Waals surface area contributed by atoms with Crippen LogP contribution in [0.25, 0.3) is 0 Å². The minimum atomic E-state index is -4.19. The quantitative estimate of drug-likeness (QED) is 0.415. The lowest BCUT2D eigenvalue weighted by Crippen LogP contribution is -2.14. The lowest BCUT2D eigenvalue weighted by Gasteiger charge is -2.11. The largest absolute Gasteiger partial charge is 0.481 e. The number of rotatable bonds is 9. The summed E-state index contributed by atoms with van der Waals surface area (Å²) in [7, 11) is -8.13. The number of hydrogen-bond donors (Lipinski definition) is 3. The number of halogens is 2. The molecule has 0 heterocycles. The number of hydrogen-bond acceptors (Lipinski definition) is 5. The normalized spacial score (nSPS) is 11.7. The molecule has 8 nitrogen and oxygen atoms in total. The Morgan fingerprint density at radius 1 is 0.727 bits per heavy atom.